The molecule has 0 radical (unpaired) electrons. The number of halogens is 4. The van der Waals surface area contributed by atoms with Crippen molar-refractivity contribution in [3.63, 3.8) is 0 Å². The Morgan fingerprint density at radius 2 is 1.81 bits per heavy atom. The van der Waals surface area contributed by atoms with Gasteiger partial charge < -0.3 is 5.73 Å². The average molecular weight is 449 g/mol. The van der Waals surface area contributed by atoms with E-state index in [0.29, 0.717) is 28.1 Å². The van der Waals surface area contributed by atoms with Crippen molar-refractivity contribution in [2.75, 3.05) is 5.73 Å². The van der Waals surface area contributed by atoms with E-state index >= 15 is 0 Å². The monoisotopic (exact) mass is 448 g/mol. The highest BCUT2D eigenvalue weighted by molar-refractivity contribution is 6.29. The van der Waals surface area contributed by atoms with Crippen molar-refractivity contribution in [2.45, 2.75) is 26.1 Å². The van der Waals surface area contributed by atoms with E-state index in [1.807, 2.05) is 6.07 Å². The van der Waals surface area contributed by atoms with Crippen LogP contribution in [0.2, 0.25) is 5.15 Å². The molecule has 0 fully saturated rings. The van der Waals surface area contributed by atoms with Crippen LogP contribution < -0.4 is 11.4 Å². The Bertz CT molecular complexity index is 1310. The molecule has 0 bridgehead atoms. The predicted octanol–water partition coefficient (Wildman–Crippen LogP) is 4.12. The van der Waals surface area contributed by atoms with Crippen molar-refractivity contribution in [3.05, 3.63) is 63.8 Å². The summed E-state index contributed by atoms with van der Waals surface area (Å²) < 4.78 is 39.9. The van der Waals surface area contributed by atoms with Crippen LogP contribution in [0.1, 0.15) is 12.1 Å². The largest absolute Gasteiger partial charge is 0.390 e. The van der Waals surface area contributed by atoms with Crippen molar-refractivity contribution in [1.82, 2.24) is 24.1 Å². The molecule has 1 aromatic carbocycles. The van der Waals surface area contributed by atoms with Crippen LogP contribution in [0.5, 0.6) is 0 Å². The standard InChI is InChI=1S/C20H16ClF3N6O/c1-11-9-13(10-14(21)26-11)15-16(12-5-3-2-4-6-12)27-18(25)30-17(15)28-29(19(30)31)8-7-20(22,23)24/h2-6,9-10H,7-8H2,1H3,(H2,25,27). The topological polar surface area (TPSA) is 91.1 Å². The molecule has 0 amide bonds. The zero-order valence-electron chi connectivity index (χ0n) is 16.2. The zero-order chi connectivity index (χ0) is 22.3. The molecule has 0 aliphatic rings. The number of pyridine rings is 1. The zero-order valence-corrected chi connectivity index (χ0v) is 16.9. The summed E-state index contributed by atoms with van der Waals surface area (Å²) in [5, 5.41) is 4.39. The molecule has 0 aliphatic carbocycles. The molecule has 2 N–H and O–H groups in total. The van der Waals surface area contributed by atoms with Crippen LogP contribution in [-0.2, 0) is 6.54 Å². The van der Waals surface area contributed by atoms with Crippen molar-refractivity contribution >= 4 is 23.2 Å². The summed E-state index contributed by atoms with van der Waals surface area (Å²) in [5.41, 5.74) is 8.00. The Kier molecular flexibility index (Phi) is 5.18. The minimum absolute atomic E-state index is 0.0835. The summed E-state index contributed by atoms with van der Waals surface area (Å²) in [6.07, 6.45) is -5.64. The number of aromatic nitrogens is 5. The van der Waals surface area contributed by atoms with Crippen molar-refractivity contribution < 1.29 is 13.2 Å². The number of benzene rings is 1. The van der Waals surface area contributed by atoms with E-state index in [9.17, 15) is 18.0 Å². The van der Waals surface area contributed by atoms with Gasteiger partial charge in [0.15, 0.2) is 5.65 Å². The fraction of sp³-hybridized carbons (Fsp3) is 0.200. The number of nitrogens with zero attached hydrogens (tertiary/aromatic N) is 5. The number of rotatable bonds is 4. The highest BCUT2D eigenvalue weighted by Gasteiger charge is 2.28. The van der Waals surface area contributed by atoms with E-state index in [2.05, 4.69) is 15.1 Å². The van der Waals surface area contributed by atoms with E-state index in [-0.39, 0.29) is 16.7 Å². The Hall–Kier alpha value is -3.40. The van der Waals surface area contributed by atoms with Crippen LogP contribution in [0.4, 0.5) is 19.1 Å². The number of nitrogens with two attached hydrogens (primary N) is 1. The Morgan fingerprint density at radius 3 is 2.45 bits per heavy atom. The number of fused-ring (bicyclic) bond motifs is 1. The molecule has 0 unspecified atom stereocenters. The second-order valence-corrected chi connectivity index (χ2v) is 7.30. The van der Waals surface area contributed by atoms with Gasteiger partial charge >= 0.3 is 11.9 Å². The van der Waals surface area contributed by atoms with Gasteiger partial charge in [0.05, 0.1) is 24.2 Å². The lowest BCUT2D eigenvalue weighted by Gasteiger charge is -2.12. The molecule has 31 heavy (non-hydrogen) atoms. The molecule has 160 valence electrons. The summed E-state index contributed by atoms with van der Waals surface area (Å²) in [5.74, 6) is -0.183. The van der Waals surface area contributed by atoms with Crippen LogP contribution in [0.3, 0.4) is 0 Å². The van der Waals surface area contributed by atoms with Crippen molar-refractivity contribution in [3.8, 4) is 22.4 Å². The van der Waals surface area contributed by atoms with Gasteiger partial charge in [-0.2, -0.15) is 13.2 Å². The first-order valence-electron chi connectivity index (χ1n) is 9.20. The molecular formula is C20H16ClF3N6O. The minimum Gasteiger partial charge on any atom is -0.369 e. The van der Waals surface area contributed by atoms with Gasteiger partial charge in [-0.25, -0.2) is 23.8 Å². The van der Waals surface area contributed by atoms with Crippen LogP contribution in [0, 0.1) is 6.92 Å². The first kappa shape index (κ1) is 20.9. The molecule has 0 aliphatic heterocycles. The molecule has 3 heterocycles. The molecule has 11 heteroatoms. The second-order valence-electron chi connectivity index (χ2n) is 6.91. The Labute approximate surface area is 178 Å². The average Bonchev–Trinajstić information content (AvgIpc) is 3.02. The summed E-state index contributed by atoms with van der Waals surface area (Å²) in [6, 6.07) is 12.3. The van der Waals surface area contributed by atoms with Gasteiger partial charge in [-0.1, -0.05) is 41.9 Å². The number of aryl methyl sites for hydroxylation is 2. The molecule has 7 nitrogen and oxygen atoms in total. The quantitative estimate of drug-likeness (QED) is 0.474. The van der Waals surface area contributed by atoms with Gasteiger partial charge in [-0.05, 0) is 24.6 Å². The number of hydrogen-bond donors (Lipinski definition) is 1. The lowest BCUT2D eigenvalue weighted by Crippen LogP contribution is -2.25. The molecule has 0 spiro atoms. The van der Waals surface area contributed by atoms with E-state index in [4.69, 9.17) is 17.3 Å². The van der Waals surface area contributed by atoms with Crippen LogP contribution in [-0.4, -0.2) is 30.3 Å². The third kappa shape index (κ3) is 4.11. The Morgan fingerprint density at radius 1 is 1.10 bits per heavy atom. The summed E-state index contributed by atoms with van der Waals surface area (Å²) in [4.78, 5) is 21.3. The molecule has 0 saturated carbocycles. The SMILES string of the molecule is Cc1cc(-c2c(-c3ccccc3)nc(N)n3c(=O)n(CCC(F)(F)F)nc23)cc(Cl)n1. The molecule has 4 rings (SSSR count). The van der Waals surface area contributed by atoms with E-state index in [1.165, 1.54) is 0 Å². The van der Waals surface area contributed by atoms with Gasteiger partial charge in [0, 0.05) is 11.3 Å². The normalized spacial score (nSPS) is 11.9. The van der Waals surface area contributed by atoms with E-state index in [1.54, 1.807) is 43.3 Å². The molecular weight excluding hydrogens is 433 g/mol. The minimum atomic E-state index is -4.44. The highest BCUT2D eigenvalue weighted by atomic mass is 35.5. The van der Waals surface area contributed by atoms with E-state index in [0.717, 1.165) is 9.08 Å². The fourth-order valence-corrected chi connectivity index (χ4v) is 3.57. The lowest BCUT2D eigenvalue weighted by molar-refractivity contribution is -0.137. The van der Waals surface area contributed by atoms with Gasteiger partial charge in [0.25, 0.3) is 0 Å². The Balaban J connectivity index is 2.05. The molecule has 0 saturated heterocycles. The maximum atomic E-state index is 12.8. The highest BCUT2D eigenvalue weighted by Crippen LogP contribution is 2.35. The van der Waals surface area contributed by atoms with Gasteiger partial charge in [-0.15, -0.1) is 5.10 Å². The third-order valence-corrected chi connectivity index (χ3v) is 4.81. The fourth-order valence-electron chi connectivity index (χ4n) is 3.32. The van der Waals surface area contributed by atoms with Crippen LogP contribution >= 0.6 is 11.6 Å². The lowest BCUT2D eigenvalue weighted by atomic mass is 10.0. The second kappa shape index (κ2) is 7.69. The number of hydrogen-bond acceptors (Lipinski definition) is 5. The van der Waals surface area contributed by atoms with Gasteiger partial charge in [-0.3, -0.25) is 0 Å². The predicted molar refractivity (Wildman–Crippen MR) is 111 cm³/mol. The number of alkyl halides is 3. The van der Waals surface area contributed by atoms with Gasteiger partial charge in [0.2, 0.25) is 5.95 Å². The third-order valence-electron chi connectivity index (χ3n) is 4.62. The smallest absolute Gasteiger partial charge is 0.369 e. The van der Waals surface area contributed by atoms with Crippen molar-refractivity contribution in [2.24, 2.45) is 0 Å². The summed E-state index contributed by atoms with van der Waals surface area (Å²) in [7, 11) is 0. The summed E-state index contributed by atoms with van der Waals surface area (Å²) >= 11 is 6.14. The number of anilines is 1. The number of nitrogen functional groups attached to an aromatic ring is 1. The molecule has 4 aromatic rings. The van der Waals surface area contributed by atoms with E-state index < -0.39 is 24.8 Å². The molecule has 0 atom stereocenters. The molecule has 3 aromatic heterocycles. The first-order valence-corrected chi connectivity index (χ1v) is 9.57. The van der Waals surface area contributed by atoms with Crippen LogP contribution in [0.25, 0.3) is 28.0 Å². The van der Waals surface area contributed by atoms with Crippen molar-refractivity contribution in [1.29, 1.82) is 0 Å². The maximum Gasteiger partial charge on any atom is 0.390 e. The first-order chi connectivity index (χ1) is 14.6. The summed E-state index contributed by atoms with van der Waals surface area (Å²) in [6.45, 7) is 1.10. The van der Waals surface area contributed by atoms with Crippen LogP contribution in [0.15, 0.2) is 47.3 Å². The van der Waals surface area contributed by atoms with Gasteiger partial charge in [0.1, 0.15) is 5.15 Å². The maximum absolute atomic E-state index is 12.8.